The molecule has 0 aliphatic carbocycles. The van der Waals surface area contributed by atoms with E-state index in [4.69, 9.17) is 24.3 Å². The Morgan fingerprint density at radius 3 is 1.42 bits per heavy atom. The Morgan fingerprint density at radius 2 is 0.933 bits per heavy atom. The molecule has 0 rings (SSSR count). The van der Waals surface area contributed by atoms with Crippen molar-refractivity contribution < 1.29 is 32.8 Å². The van der Waals surface area contributed by atoms with Gasteiger partial charge in [-0.2, -0.15) is 0 Å². The molecule has 2 atom stereocenters. The first-order chi connectivity index (χ1) is 29.4. The maximum absolute atomic E-state index is 12.6. The van der Waals surface area contributed by atoms with Gasteiger partial charge in [-0.05, 0) is 77.0 Å². The molecule has 350 valence electrons. The molecule has 0 heterocycles. The lowest BCUT2D eigenvalue weighted by Crippen LogP contribution is -2.28. The Balaban J connectivity index is 3.98. The van der Waals surface area contributed by atoms with Gasteiger partial charge in [-0.15, -0.1) is 0 Å². The maximum atomic E-state index is 12.6. The number of carbonyl (C=O) groups excluding carboxylic acids is 1. The van der Waals surface area contributed by atoms with Crippen LogP contribution in [0.2, 0.25) is 0 Å². The molecule has 0 aromatic carbocycles. The molecule has 0 bridgehead atoms. The highest BCUT2D eigenvalue weighted by Crippen LogP contribution is 2.43. The third-order valence-electron chi connectivity index (χ3n) is 10.4. The van der Waals surface area contributed by atoms with Crippen LogP contribution in [0.1, 0.15) is 219 Å². The number of phosphoric ester groups is 1. The first-order valence-electron chi connectivity index (χ1n) is 24.8. The van der Waals surface area contributed by atoms with E-state index in [1.165, 1.54) is 128 Å². The summed E-state index contributed by atoms with van der Waals surface area (Å²) in [7, 11) is -4.29. The number of unbranched alkanes of at least 4 members (excludes halogenated alkanes) is 24. The highest BCUT2D eigenvalue weighted by atomic mass is 31.2. The Kier molecular flexibility index (Phi) is 46.8. The van der Waals surface area contributed by atoms with Crippen molar-refractivity contribution in [3.63, 3.8) is 0 Å². The molecule has 9 heteroatoms. The van der Waals surface area contributed by atoms with Gasteiger partial charge >= 0.3 is 13.8 Å². The zero-order valence-electron chi connectivity index (χ0n) is 38.9. The molecule has 0 fully saturated rings. The summed E-state index contributed by atoms with van der Waals surface area (Å²) < 4.78 is 33.5. The molecule has 0 radical (unpaired) electrons. The van der Waals surface area contributed by atoms with Gasteiger partial charge < -0.3 is 20.1 Å². The van der Waals surface area contributed by atoms with Gasteiger partial charge in [0.25, 0.3) is 0 Å². The zero-order valence-corrected chi connectivity index (χ0v) is 39.8. The largest absolute Gasteiger partial charge is 0.472 e. The van der Waals surface area contributed by atoms with Crippen molar-refractivity contribution in [1.29, 1.82) is 0 Å². The number of nitrogens with two attached hydrogens (primary N) is 1. The second kappa shape index (κ2) is 48.2. The first-order valence-corrected chi connectivity index (χ1v) is 26.3. The summed E-state index contributed by atoms with van der Waals surface area (Å²) in [5, 5.41) is 0. The molecular formula is C51H94NO7P. The average molecular weight is 864 g/mol. The number of esters is 1. The smallest absolute Gasteiger partial charge is 0.457 e. The number of rotatable bonds is 47. The van der Waals surface area contributed by atoms with Crippen LogP contribution in [-0.4, -0.2) is 49.9 Å². The summed E-state index contributed by atoms with van der Waals surface area (Å²) in [4.78, 5) is 22.6. The van der Waals surface area contributed by atoms with Gasteiger partial charge in [0.05, 0.1) is 19.8 Å². The summed E-state index contributed by atoms with van der Waals surface area (Å²) in [5.41, 5.74) is 5.38. The van der Waals surface area contributed by atoms with Crippen LogP contribution in [0.5, 0.6) is 0 Å². The standard InChI is InChI=1S/C51H94NO7P/c1-3-5-7-9-11-13-15-17-19-21-23-24-25-27-29-31-33-35-37-39-41-43-46-56-48-50(49-58-60(54,55)57-47-45-52)59-51(53)44-42-40-38-36-34-32-30-28-26-22-20-18-16-14-12-10-8-6-4-2/h6,8,12,14,18,20-21,23,26,28,50H,3-5,7,9-11,13,15-17,19,22,24-25,27,29-49,52H2,1-2H3,(H,54,55)/b8-6-,14-12-,20-18-,23-21-,28-26-. The van der Waals surface area contributed by atoms with Crippen LogP contribution in [0.25, 0.3) is 0 Å². The summed E-state index contributed by atoms with van der Waals surface area (Å²) in [6.07, 6.45) is 59.6. The molecule has 0 saturated carbocycles. The zero-order chi connectivity index (χ0) is 43.7. The van der Waals surface area contributed by atoms with Crippen LogP contribution in [0.3, 0.4) is 0 Å². The molecular weight excluding hydrogens is 770 g/mol. The summed E-state index contributed by atoms with van der Waals surface area (Å²) in [6.45, 7) is 4.80. The van der Waals surface area contributed by atoms with E-state index >= 15 is 0 Å². The van der Waals surface area contributed by atoms with E-state index in [-0.39, 0.29) is 32.3 Å². The number of allylic oxidation sites excluding steroid dienone is 10. The minimum atomic E-state index is -4.29. The summed E-state index contributed by atoms with van der Waals surface area (Å²) >= 11 is 0. The van der Waals surface area contributed by atoms with Gasteiger partial charge in [0.1, 0.15) is 6.10 Å². The van der Waals surface area contributed by atoms with Crippen LogP contribution in [-0.2, 0) is 27.9 Å². The third-order valence-corrected chi connectivity index (χ3v) is 11.4. The highest BCUT2D eigenvalue weighted by Gasteiger charge is 2.25. The first kappa shape index (κ1) is 58.2. The van der Waals surface area contributed by atoms with Crippen molar-refractivity contribution in [3.8, 4) is 0 Å². The van der Waals surface area contributed by atoms with E-state index in [2.05, 4.69) is 74.6 Å². The Labute approximate surface area is 370 Å². The van der Waals surface area contributed by atoms with Gasteiger partial charge in [-0.25, -0.2) is 4.57 Å². The molecule has 0 aliphatic heterocycles. The lowest BCUT2D eigenvalue weighted by molar-refractivity contribution is -0.154. The van der Waals surface area contributed by atoms with Gasteiger partial charge in [-0.3, -0.25) is 13.8 Å². The van der Waals surface area contributed by atoms with Crippen molar-refractivity contribution in [3.05, 3.63) is 60.8 Å². The van der Waals surface area contributed by atoms with E-state index < -0.39 is 13.9 Å². The fraction of sp³-hybridized carbons (Fsp3) is 0.784. The van der Waals surface area contributed by atoms with Gasteiger partial charge in [0.15, 0.2) is 0 Å². The summed E-state index contributed by atoms with van der Waals surface area (Å²) in [6, 6.07) is 0. The van der Waals surface area contributed by atoms with Crippen LogP contribution < -0.4 is 5.73 Å². The molecule has 3 N–H and O–H groups in total. The minimum absolute atomic E-state index is 0.0955. The Bertz CT molecular complexity index is 1110. The summed E-state index contributed by atoms with van der Waals surface area (Å²) in [5.74, 6) is -0.344. The van der Waals surface area contributed by atoms with Crippen LogP contribution >= 0.6 is 7.82 Å². The van der Waals surface area contributed by atoms with E-state index in [1.807, 2.05) is 0 Å². The Hall–Kier alpha value is -1.80. The molecule has 0 spiro atoms. The fourth-order valence-electron chi connectivity index (χ4n) is 6.81. The molecule has 0 aliphatic rings. The number of hydrogen-bond acceptors (Lipinski definition) is 7. The normalized spacial score (nSPS) is 13.9. The lowest BCUT2D eigenvalue weighted by atomic mass is 10.1. The van der Waals surface area contributed by atoms with Crippen molar-refractivity contribution in [2.75, 3.05) is 33.0 Å². The Morgan fingerprint density at radius 1 is 0.517 bits per heavy atom. The highest BCUT2D eigenvalue weighted by molar-refractivity contribution is 7.47. The number of ether oxygens (including phenoxy) is 2. The van der Waals surface area contributed by atoms with E-state index in [9.17, 15) is 14.3 Å². The van der Waals surface area contributed by atoms with E-state index in [1.54, 1.807) is 0 Å². The van der Waals surface area contributed by atoms with Gasteiger partial charge in [0.2, 0.25) is 0 Å². The second-order valence-electron chi connectivity index (χ2n) is 16.3. The predicted octanol–water partition coefficient (Wildman–Crippen LogP) is 15.3. The number of carbonyl (C=O) groups is 1. The molecule has 60 heavy (non-hydrogen) atoms. The molecule has 0 aromatic rings. The van der Waals surface area contributed by atoms with E-state index in [0.29, 0.717) is 13.0 Å². The van der Waals surface area contributed by atoms with Crippen molar-refractivity contribution in [1.82, 2.24) is 0 Å². The van der Waals surface area contributed by atoms with E-state index in [0.717, 1.165) is 70.6 Å². The second-order valence-corrected chi connectivity index (χ2v) is 17.7. The van der Waals surface area contributed by atoms with Crippen molar-refractivity contribution in [2.24, 2.45) is 5.73 Å². The molecule has 0 amide bonds. The SMILES string of the molecule is CC/C=C\C/C=C\C/C=C\C/C=C\CCCCCCCCC(=O)OC(COCCCCCCCCCCCC/C=C\CCCCCCCCCC)COP(=O)(O)OCCN. The van der Waals surface area contributed by atoms with Crippen molar-refractivity contribution >= 4 is 13.8 Å². The maximum Gasteiger partial charge on any atom is 0.472 e. The quantitative estimate of drug-likeness (QED) is 0.0269. The van der Waals surface area contributed by atoms with Gasteiger partial charge in [-0.1, -0.05) is 197 Å². The fourth-order valence-corrected chi connectivity index (χ4v) is 7.57. The van der Waals surface area contributed by atoms with Crippen molar-refractivity contribution in [2.45, 2.75) is 225 Å². The third kappa shape index (κ3) is 47.3. The lowest BCUT2D eigenvalue weighted by Gasteiger charge is -2.20. The topological polar surface area (TPSA) is 117 Å². The average Bonchev–Trinajstić information content (AvgIpc) is 3.24. The minimum Gasteiger partial charge on any atom is -0.457 e. The monoisotopic (exact) mass is 864 g/mol. The molecule has 2 unspecified atom stereocenters. The number of phosphoric acid groups is 1. The molecule has 0 saturated heterocycles. The van der Waals surface area contributed by atoms with Crippen LogP contribution in [0.15, 0.2) is 60.8 Å². The molecule has 0 aromatic heterocycles. The predicted molar refractivity (Wildman–Crippen MR) is 256 cm³/mol. The van der Waals surface area contributed by atoms with Crippen LogP contribution in [0.4, 0.5) is 0 Å². The van der Waals surface area contributed by atoms with Crippen LogP contribution in [0, 0.1) is 0 Å². The molecule has 8 nitrogen and oxygen atoms in total. The van der Waals surface area contributed by atoms with Gasteiger partial charge in [0, 0.05) is 19.6 Å². The number of hydrogen-bond donors (Lipinski definition) is 2.